The molecule has 0 heterocycles. The van der Waals surface area contributed by atoms with Gasteiger partial charge in [-0.2, -0.15) is 0 Å². The molecule has 0 bridgehead atoms. The fraction of sp³-hybridized carbons (Fsp3) is 0.222. The molecule has 0 aliphatic heterocycles. The van der Waals surface area contributed by atoms with Crippen LogP contribution in [0.3, 0.4) is 0 Å². The van der Waals surface area contributed by atoms with Crippen molar-refractivity contribution in [3.05, 3.63) is 35.6 Å². The largest absolute Gasteiger partial charge is 0.483 e. The van der Waals surface area contributed by atoms with E-state index in [-0.39, 0.29) is 5.82 Å². The maximum atomic E-state index is 12.4. The van der Waals surface area contributed by atoms with Gasteiger partial charge >= 0.3 is 0 Å². The van der Waals surface area contributed by atoms with Crippen molar-refractivity contribution in [2.24, 2.45) is 0 Å². The van der Waals surface area contributed by atoms with Crippen LogP contribution in [0.1, 0.15) is 12.5 Å². The van der Waals surface area contributed by atoms with E-state index >= 15 is 0 Å². The minimum Gasteiger partial charge on any atom is -0.483 e. The molecule has 0 radical (unpaired) electrons. The summed E-state index contributed by atoms with van der Waals surface area (Å²) in [6, 6.07) is 6.15. The second-order valence-electron chi connectivity index (χ2n) is 2.41. The van der Waals surface area contributed by atoms with E-state index in [4.69, 9.17) is 17.0 Å². The van der Waals surface area contributed by atoms with E-state index in [0.29, 0.717) is 11.7 Å². The van der Waals surface area contributed by atoms with Gasteiger partial charge in [0.15, 0.2) is 5.05 Å². The van der Waals surface area contributed by atoms with Crippen molar-refractivity contribution in [1.82, 2.24) is 0 Å². The van der Waals surface area contributed by atoms with Crippen molar-refractivity contribution in [1.29, 1.82) is 0 Å². The Kier molecular flexibility index (Phi) is 3.17. The van der Waals surface area contributed by atoms with Gasteiger partial charge in [-0.3, -0.25) is 0 Å². The molecule has 1 aromatic carbocycles. The van der Waals surface area contributed by atoms with Crippen LogP contribution in [-0.4, -0.2) is 5.05 Å². The Labute approximate surface area is 76.2 Å². The molecule has 1 nitrogen and oxygen atoms in total. The van der Waals surface area contributed by atoms with Gasteiger partial charge in [0, 0.05) is 6.92 Å². The second kappa shape index (κ2) is 4.16. The molecule has 0 aliphatic carbocycles. The van der Waals surface area contributed by atoms with Crippen LogP contribution in [0.2, 0.25) is 0 Å². The highest BCUT2D eigenvalue weighted by atomic mass is 32.1. The number of thiocarbonyl (C=S) groups is 1. The van der Waals surface area contributed by atoms with E-state index in [2.05, 4.69) is 0 Å². The molecule has 0 saturated heterocycles. The van der Waals surface area contributed by atoms with E-state index in [1.54, 1.807) is 19.1 Å². The molecule has 64 valence electrons. The number of rotatable bonds is 2. The number of hydrogen-bond acceptors (Lipinski definition) is 2. The van der Waals surface area contributed by atoms with Gasteiger partial charge in [-0.05, 0) is 29.9 Å². The van der Waals surface area contributed by atoms with E-state index < -0.39 is 0 Å². The average Bonchev–Trinajstić information content (AvgIpc) is 2.03. The van der Waals surface area contributed by atoms with Crippen LogP contribution in [0.15, 0.2) is 24.3 Å². The van der Waals surface area contributed by atoms with Gasteiger partial charge in [0.1, 0.15) is 12.4 Å². The lowest BCUT2D eigenvalue weighted by atomic mass is 10.2. The van der Waals surface area contributed by atoms with Crippen molar-refractivity contribution >= 4 is 17.3 Å². The standard InChI is InChI=1S/C9H9FOS/c1-7(12)11-6-8-2-4-9(10)5-3-8/h2-5H,6H2,1H3. The lowest BCUT2D eigenvalue weighted by Gasteiger charge is -2.02. The fourth-order valence-corrected chi connectivity index (χ4v) is 0.825. The quantitative estimate of drug-likeness (QED) is 0.653. The molecule has 0 aliphatic rings. The van der Waals surface area contributed by atoms with Gasteiger partial charge in [0.05, 0.1) is 0 Å². The normalized spacial score (nSPS) is 9.50. The molecular weight excluding hydrogens is 175 g/mol. The average molecular weight is 184 g/mol. The van der Waals surface area contributed by atoms with Crippen LogP contribution in [0.25, 0.3) is 0 Å². The minimum atomic E-state index is -0.238. The smallest absolute Gasteiger partial charge is 0.157 e. The molecule has 0 N–H and O–H groups in total. The zero-order valence-corrected chi connectivity index (χ0v) is 7.53. The Morgan fingerprint density at radius 3 is 2.50 bits per heavy atom. The Bertz CT molecular complexity index is 268. The van der Waals surface area contributed by atoms with E-state index in [0.717, 1.165) is 5.56 Å². The molecule has 0 atom stereocenters. The summed E-state index contributed by atoms with van der Waals surface area (Å²) in [5.74, 6) is -0.238. The number of benzene rings is 1. The van der Waals surface area contributed by atoms with Crippen molar-refractivity contribution in [2.75, 3.05) is 0 Å². The first-order chi connectivity index (χ1) is 5.68. The molecule has 0 amide bonds. The van der Waals surface area contributed by atoms with Gasteiger partial charge in [0.25, 0.3) is 0 Å². The molecule has 1 aromatic rings. The number of hydrogen-bond donors (Lipinski definition) is 0. The lowest BCUT2D eigenvalue weighted by molar-refractivity contribution is 0.298. The summed E-state index contributed by atoms with van der Waals surface area (Å²) in [5.41, 5.74) is 0.917. The van der Waals surface area contributed by atoms with Gasteiger partial charge in [-0.15, -0.1) is 0 Å². The Balaban J connectivity index is 2.53. The van der Waals surface area contributed by atoms with E-state index in [9.17, 15) is 4.39 Å². The van der Waals surface area contributed by atoms with Crippen LogP contribution in [0, 0.1) is 5.82 Å². The van der Waals surface area contributed by atoms with Crippen LogP contribution in [-0.2, 0) is 11.3 Å². The summed E-state index contributed by atoms with van der Waals surface area (Å²) in [6.07, 6.45) is 0. The summed E-state index contributed by atoms with van der Waals surface area (Å²) >= 11 is 4.72. The fourth-order valence-electron chi connectivity index (χ4n) is 0.766. The molecule has 0 saturated carbocycles. The van der Waals surface area contributed by atoms with Gasteiger partial charge < -0.3 is 4.74 Å². The summed E-state index contributed by atoms with van der Waals surface area (Å²) in [4.78, 5) is 0. The summed E-state index contributed by atoms with van der Waals surface area (Å²) in [7, 11) is 0. The number of ether oxygens (including phenoxy) is 1. The summed E-state index contributed by atoms with van der Waals surface area (Å²) in [5, 5.41) is 0.499. The first-order valence-electron chi connectivity index (χ1n) is 3.56. The minimum absolute atomic E-state index is 0.238. The first kappa shape index (κ1) is 9.13. The molecule has 3 heteroatoms. The Morgan fingerprint density at radius 2 is 2.00 bits per heavy atom. The van der Waals surface area contributed by atoms with Gasteiger partial charge in [-0.1, -0.05) is 12.1 Å². The predicted molar refractivity (Wildman–Crippen MR) is 49.5 cm³/mol. The lowest BCUT2D eigenvalue weighted by Crippen LogP contribution is -1.96. The van der Waals surface area contributed by atoms with Crippen LogP contribution in [0.5, 0.6) is 0 Å². The third kappa shape index (κ3) is 2.96. The third-order valence-corrected chi connectivity index (χ3v) is 1.47. The van der Waals surface area contributed by atoms with Crippen molar-refractivity contribution < 1.29 is 9.13 Å². The van der Waals surface area contributed by atoms with Gasteiger partial charge in [0.2, 0.25) is 0 Å². The van der Waals surface area contributed by atoms with Crippen molar-refractivity contribution in [2.45, 2.75) is 13.5 Å². The van der Waals surface area contributed by atoms with Crippen LogP contribution >= 0.6 is 12.2 Å². The Hall–Kier alpha value is -0.960. The topological polar surface area (TPSA) is 9.23 Å². The van der Waals surface area contributed by atoms with Gasteiger partial charge in [-0.25, -0.2) is 4.39 Å². The summed E-state index contributed by atoms with van der Waals surface area (Å²) in [6.45, 7) is 2.12. The zero-order chi connectivity index (χ0) is 8.97. The predicted octanol–water partition coefficient (Wildman–Crippen LogP) is 2.69. The SMILES string of the molecule is CC(=S)OCc1ccc(F)cc1. The third-order valence-electron chi connectivity index (χ3n) is 1.36. The molecular formula is C9H9FOS. The molecule has 1 rings (SSSR count). The summed E-state index contributed by atoms with van der Waals surface area (Å²) < 4.78 is 17.5. The van der Waals surface area contributed by atoms with Crippen LogP contribution in [0.4, 0.5) is 4.39 Å². The van der Waals surface area contributed by atoms with E-state index in [1.165, 1.54) is 12.1 Å². The zero-order valence-electron chi connectivity index (χ0n) is 6.71. The molecule has 0 aromatic heterocycles. The highest BCUT2D eigenvalue weighted by molar-refractivity contribution is 7.80. The highest BCUT2D eigenvalue weighted by Crippen LogP contribution is 2.04. The first-order valence-corrected chi connectivity index (χ1v) is 3.97. The maximum absolute atomic E-state index is 12.4. The van der Waals surface area contributed by atoms with E-state index in [1.807, 2.05) is 0 Å². The maximum Gasteiger partial charge on any atom is 0.157 e. The van der Waals surface area contributed by atoms with Crippen molar-refractivity contribution in [3.8, 4) is 0 Å². The number of halogens is 1. The monoisotopic (exact) mass is 184 g/mol. The Morgan fingerprint density at radius 1 is 1.42 bits per heavy atom. The van der Waals surface area contributed by atoms with Crippen molar-refractivity contribution in [3.63, 3.8) is 0 Å². The highest BCUT2D eigenvalue weighted by Gasteiger charge is 1.94. The molecule has 0 fully saturated rings. The second-order valence-corrected chi connectivity index (χ2v) is 2.98. The molecule has 0 spiro atoms. The van der Waals surface area contributed by atoms with Crippen LogP contribution < -0.4 is 0 Å². The molecule has 0 unspecified atom stereocenters. The molecule has 12 heavy (non-hydrogen) atoms.